The monoisotopic (exact) mass is 583 g/mol. The Labute approximate surface area is 246 Å². The van der Waals surface area contributed by atoms with Crippen molar-refractivity contribution in [3.05, 3.63) is 52.4 Å². The number of benzene rings is 1. The molecule has 1 aromatic carbocycles. The van der Waals surface area contributed by atoms with Gasteiger partial charge in [0.25, 0.3) is 0 Å². The topological polar surface area (TPSA) is 71.8 Å². The third-order valence-corrected chi connectivity index (χ3v) is 8.98. The van der Waals surface area contributed by atoms with Crippen LogP contribution >= 0.6 is 0 Å². The molecule has 0 N–H and O–H groups in total. The van der Waals surface area contributed by atoms with Crippen molar-refractivity contribution in [3.63, 3.8) is 0 Å². The number of fused-ring (bicyclic) bond motifs is 1. The van der Waals surface area contributed by atoms with Gasteiger partial charge in [-0.15, -0.1) is 0 Å². The number of rotatable bonds is 7. The predicted molar refractivity (Wildman–Crippen MR) is 157 cm³/mol. The highest BCUT2D eigenvalue weighted by atomic mass is 19.4. The summed E-state index contributed by atoms with van der Waals surface area (Å²) < 4.78 is 46.1. The molecule has 4 heterocycles. The molecule has 3 aliphatic rings. The second-order valence-electron chi connectivity index (χ2n) is 11.7. The van der Waals surface area contributed by atoms with Crippen LogP contribution in [0.4, 0.5) is 24.7 Å². The van der Waals surface area contributed by atoms with Crippen molar-refractivity contribution in [1.29, 1.82) is 5.26 Å². The zero-order chi connectivity index (χ0) is 30.0. The summed E-state index contributed by atoms with van der Waals surface area (Å²) in [6, 6.07) is 8.76. The Morgan fingerprint density at radius 3 is 2.64 bits per heavy atom. The van der Waals surface area contributed by atoms with E-state index in [0.29, 0.717) is 44.8 Å². The van der Waals surface area contributed by atoms with Crippen LogP contribution in [0.1, 0.15) is 48.6 Å². The van der Waals surface area contributed by atoms with E-state index >= 15 is 0 Å². The minimum absolute atomic E-state index is 0.114. The molecule has 0 spiro atoms. The number of likely N-dealkylation sites (tertiary alicyclic amines) is 1. The largest absolute Gasteiger partial charge is 0.462 e. The zero-order valence-electron chi connectivity index (χ0n) is 24.9. The lowest BCUT2D eigenvalue weighted by molar-refractivity contribution is -0.0926. The number of hydrogen-bond donors (Lipinski definition) is 0. The first-order valence-electron chi connectivity index (χ1n) is 14.7. The number of aryl methyl sites for hydroxylation is 1. The molecule has 2 fully saturated rings. The smallest absolute Gasteiger partial charge is 0.413 e. The highest BCUT2D eigenvalue weighted by molar-refractivity contribution is 5.60. The number of likely N-dealkylation sites (N-methyl/N-ethyl adjacent to an activating group) is 1. The SMILES string of the molecule is CC(=CN1CCN(c2nc(OC[C@@H]3CCCN3C)nc3c2CCN(c2cccc(C)c2C)C3)C[C@@H]1CC#N)C(F)(F)F. The predicted octanol–water partition coefficient (Wildman–Crippen LogP) is 5.00. The molecule has 2 aromatic rings. The van der Waals surface area contributed by atoms with Gasteiger partial charge < -0.3 is 24.3 Å². The van der Waals surface area contributed by atoms with Crippen LogP contribution in [0.3, 0.4) is 0 Å². The summed E-state index contributed by atoms with van der Waals surface area (Å²) in [5, 5.41) is 9.50. The van der Waals surface area contributed by atoms with E-state index in [0.717, 1.165) is 62.6 Å². The van der Waals surface area contributed by atoms with Gasteiger partial charge in [0.2, 0.25) is 0 Å². The maximum absolute atomic E-state index is 13.3. The molecule has 226 valence electrons. The molecule has 0 bridgehead atoms. The van der Waals surface area contributed by atoms with Crippen LogP contribution < -0.4 is 14.5 Å². The molecule has 5 rings (SSSR count). The summed E-state index contributed by atoms with van der Waals surface area (Å²) >= 11 is 0. The Balaban J connectivity index is 1.45. The number of halogens is 3. The Morgan fingerprint density at radius 1 is 1.12 bits per heavy atom. The number of hydrogen-bond acceptors (Lipinski definition) is 8. The average Bonchev–Trinajstić information content (AvgIpc) is 3.37. The number of anilines is 2. The maximum atomic E-state index is 13.3. The Hall–Kier alpha value is -3.52. The van der Waals surface area contributed by atoms with Crippen molar-refractivity contribution in [2.24, 2.45) is 0 Å². The summed E-state index contributed by atoms with van der Waals surface area (Å²) in [6.07, 6.45) is -0.191. The van der Waals surface area contributed by atoms with E-state index < -0.39 is 17.8 Å². The van der Waals surface area contributed by atoms with E-state index in [1.54, 1.807) is 4.90 Å². The summed E-state index contributed by atoms with van der Waals surface area (Å²) in [5.74, 6) is 0.773. The molecular formula is C31H40F3N7O. The summed E-state index contributed by atoms with van der Waals surface area (Å²) in [6.45, 7) is 9.53. The van der Waals surface area contributed by atoms with Gasteiger partial charge in [-0.3, -0.25) is 0 Å². The van der Waals surface area contributed by atoms with Gasteiger partial charge in [0.1, 0.15) is 12.4 Å². The minimum Gasteiger partial charge on any atom is -0.462 e. The third-order valence-electron chi connectivity index (χ3n) is 8.98. The van der Waals surface area contributed by atoms with Crippen LogP contribution in [0.2, 0.25) is 0 Å². The van der Waals surface area contributed by atoms with Crippen molar-refractivity contribution in [2.45, 2.75) is 71.3 Å². The third kappa shape index (κ3) is 6.43. The molecule has 8 nitrogen and oxygen atoms in total. The Morgan fingerprint density at radius 2 is 1.93 bits per heavy atom. The van der Waals surface area contributed by atoms with E-state index in [2.05, 4.69) is 59.9 Å². The van der Waals surface area contributed by atoms with E-state index in [1.807, 2.05) is 0 Å². The van der Waals surface area contributed by atoms with Crippen molar-refractivity contribution >= 4 is 11.5 Å². The standard InChI is InChI=1S/C31H40F3N7O/c1-21-7-5-9-28(23(21)3)40-14-11-26-27(19-40)36-30(42-20-25-8-6-13-38(25)4)37-29(26)41-16-15-39(24(18-41)10-12-35)17-22(2)31(32,33)34/h5,7,9,17,24-25H,6,8,10-11,13-16,18-20H2,1-4H3/t24-,25-/m0/s1. The average molecular weight is 584 g/mol. The van der Waals surface area contributed by atoms with Crippen molar-refractivity contribution in [1.82, 2.24) is 19.8 Å². The van der Waals surface area contributed by atoms with Gasteiger partial charge in [0.15, 0.2) is 0 Å². The highest BCUT2D eigenvalue weighted by Crippen LogP contribution is 2.34. The van der Waals surface area contributed by atoms with Crippen LogP contribution in [0.15, 0.2) is 30.0 Å². The molecular weight excluding hydrogens is 543 g/mol. The fourth-order valence-electron chi connectivity index (χ4n) is 6.20. The molecule has 42 heavy (non-hydrogen) atoms. The molecule has 0 unspecified atom stereocenters. The lowest BCUT2D eigenvalue weighted by Gasteiger charge is -2.42. The number of nitrogens with zero attached hydrogens (tertiary/aromatic N) is 7. The number of ether oxygens (including phenoxy) is 1. The van der Waals surface area contributed by atoms with Crippen LogP contribution in [0, 0.1) is 25.2 Å². The quantitative estimate of drug-likeness (QED) is 0.451. The molecule has 2 atom stereocenters. The molecule has 2 saturated heterocycles. The fourth-order valence-corrected chi connectivity index (χ4v) is 6.20. The number of alkyl halides is 3. The van der Waals surface area contributed by atoms with Gasteiger partial charge in [-0.1, -0.05) is 12.1 Å². The molecule has 0 radical (unpaired) electrons. The minimum atomic E-state index is -4.40. The number of aromatic nitrogens is 2. The van der Waals surface area contributed by atoms with Gasteiger partial charge in [-0.25, -0.2) is 0 Å². The van der Waals surface area contributed by atoms with Crippen LogP contribution in [-0.2, 0) is 13.0 Å². The number of nitriles is 1. The van der Waals surface area contributed by atoms with Gasteiger partial charge in [-0.2, -0.15) is 28.4 Å². The van der Waals surface area contributed by atoms with Crippen molar-refractivity contribution in [2.75, 3.05) is 56.2 Å². The molecule has 1 aromatic heterocycles. The van der Waals surface area contributed by atoms with E-state index in [-0.39, 0.29) is 6.42 Å². The van der Waals surface area contributed by atoms with Gasteiger partial charge in [-0.05, 0) is 70.8 Å². The molecule has 0 amide bonds. The fraction of sp³-hybridized carbons (Fsp3) is 0.581. The first-order valence-corrected chi connectivity index (χ1v) is 14.7. The summed E-state index contributed by atoms with van der Waals surface area (Å²) in [4.78, 5) is 18.2. The zero-order valence-corrected chi connectivity index (χ0v) is 24.9. The summed E-state index contributed by atoms with van der Waals surface area (Å²) in [7, 11) is 2.10. The second kappa shape index (κ2) is 12.4. The van der Waals surface area contributed by atoms with Gasteiger partial charge >= 0.3 is 12.2 Å². The highest BCUT2D eigenvalue weighted by Gasteiger charge is 2.35. The maximum Gasteiger partial charge on any atom is 0.413 e. The van der Waals surface area contributed by atoms with Gasteiger partial charge in [0, 0.05) is 55.2 Å². The van der Waals surface area contributed by atoms with Gasteiger partial charge in [0.05, 0.1) is 30.8 Å². The molecule has 3 aliphatic heterocycles. The molecule has 11 heteroatoms. The lowest BCUT2D eigenvalue weighted by Crippen LogP contribution is -2.52. The van der Waals surface area contributed by atoms with E-state index in [1.165, 1.54) is 16.8 Å². The van der Waals surface area contributed by atoms with Crippen molar-refractivity contribution in [3.8, 4) is 12.1 Å². The van der Waals surface area contributed by atoms with Crippen LogP contribution in [0.5, 0.6) is 6.01 Å². The second-order valence-corrected chi connectivity index (χ2v) is 11.7. The summed E-state index contributed by atoms with van der Waals surface area (Å²) in [5.41, 5.74) is 4.96. The van der Waals surface area contributed by atoms with E-state index in [4.69, 9.17) is 14.7 Å². The Kier molecular flexibility index (Phi) is 8.83. The normalized spacial score (nSPS) is 21.9. The molecule has 0 aliphatic carbocycles. The number of allylic oxidation sites excluding steroid dienone is 1. The van der Waals surface area contributed by atoms with Crippen LogP contribution in [0.25, 0.3) is 0 Å². The van der Waals surface area contributed by atoms with E-state index in [9.17, 15) is 18.4 Å². The van der Waals surface area contributed by atoms with Crippen LogP contribution in [-0.4, -0.2) is 84.4 Å². The molecule has 0 saturated carbocycles. The Bertz CT molecular complexity index is 1360. The number of piperazine rings is 1. The first-order chi connectivity index (χ1) is 20.0. The first kappa shape index (κ1) is 30.0. The lowest BCUT2D eigenvalue weighted by atomic mass is 10.0. The van der Waals surface area contributed by atoms with Crippen molar-refractivity contribution < 1.29 is 17.9 Å².